The minimum atomic E-state index is -2.00. The van der Waals surface area contributed by atoms with Gasteiger partial charge in [-0.3, -0.25) is 19.2 Å². The predicted octanol–water partition coefficient (Wildman–Crippen LogP) is 3.50. The van der Waals surface area contributed by atoms with Gasteiger partial charge in [0.05, 0.1) is 48.0 Å². The summed E-state index contributed by atoms with van der Waals surface area (Å²) < 4.78 is 54.7. The molecule has 0 aromatic carbocycles. The van der Waals surface area contributed by atoms with Gasteiger partial charge in [0.25, 0.3) is 0 Å². The van der Waals surface area contributed by atoms with Gasteiger partial charge in [-0.15, -0.1) is 0 Å². The number of aliphatic hydroxyl groups is 3. The maximum absolute atomic E-state index is 14.7. The van der Waals surface area contributed by atoms with Crippen LogP contribution in [0, 0.1) is 35.5 Å². The van der Waals surface area contributed by atoms with Gasteiger partial charge in [0, 0.05) is 58.7 Å². The summed E-state index contributed by atoms with van der Waals surface area (Å²) in [6, 6.07) is 0. The first kappa shape index (κ1) is 50.1. The number of hydrogen-bond donors (Lipinski definition) is 3. The molecule has 3 aliphatic heterocycles. The molecule has 3 aliphatic rings. The summed E-state index contributed by atoms with van der Waals surface area (Å²) in [5, 5.41) is 34.4. The van der Waals surface area contributed by atoms with Crippen molar-refractivity contribution in [1.82, 2.24) is 0 Å². The van der Waals surface area contributed by atoms with E-state index in [0.29, 0.717) is 6.42 Å². The largest absolute Gasteiger partial charge is 0.462 e. The number of carbonyl (C=O) groups is 4. The Hall–Kier alpha value is -2.28. The summed E-state index contributed by atoms with van der Waals surface area (Å²) >= 11 is 0. The number of ketones is 1. The fourth-order valence-electron chi connectivity index (χ4n) is 9.17. The first-order valence-electron chi connectivity index (χ1n) is 20.7. The van der Waals surface area contributed by atoms with Crippen LogP contribution in [0.1, 0.15) is 109 Å². The Labute approximate surface area is 344 Å². The summed E-state index contributed by atoms with van der Waals surface area (Å²) in [4.78, 5) is 53.7. The number of rotatable bonds is 10. The zero-order valence-corrected chi connectivity index (χ0v) is 37.2. The van der Waals surface area contributed by atoms with E-state index < -0.39 is 138 Å². The van der Waals surface area contributed by atoms with Gasteiger partial charge in [0.2, 0.25) is 0 Å². The van der Waals surface area contributed by atoms with Crippen LogP contribution in [-0.4, -0.2) is 138 Å². The van der Waals surface area contributed by atoms with E-state index >= 15 is 0 Å². The van der Waals surface area contributed by atoms with Crippen LogP contribution in [-0.2, 0) is 61.8 Å². The van der Waals surface area contributed by atoms with Crippen LogP contribution in [0.4, 0.5) is 0 Å². The standard InChI is InChI=1S/C42H72O16/c1-19-17-41(12,49)37(46)24(6)35(55-29(11)44)23(5)34(21(3)26(8)53-28(10)43)57-39(48)25(7)36(56-31-18-42(13,51-15)38(47)27(9)54-31)22(4)33(19)58-40-32(45)30(50-14)16-20(2)52-40/h19-27,30-36,38,40,45,47,49H,16-18H2,1-15H3/t19-,20?,21-,22+,23-,24+,25+,26-,27?,30?,31?,32?,33-,34+,35-,36-,38?,40?,41-,42?/m0/s1. The van der Waals surface area contributed by atoms with E-state index in [1.807, 2.05) is 6.92 Å². The van der Waals surface area contributed by atoms with Gasteiger partial charge in [0.1, 0.15) is 36.1 Å². The van der Waals surface area contributed by atoms with Crippen molar-refractivity contribution in [2.24, 2.45) is 35.5 Å². The van der Waals surface area contributed by atoms with Crippen LogP contribution in [0.5, 0.6) is 0 Å². The highest BCUT2D eigenvalue weighted by Gasteiger charge is 2.52. The molecule has 3 fully saturated rings. The van der Waals surface area contributed by atoms with Crippen molar-refractivity contribution in [2.45, 2.75) is 194 Å². The second-order valence-electron chi connectivity index (χ2n) is 17.7. The molecule has 20 atom stereocenters. The molecule has 0 amide bonds. The number of methoxy groups -OCH3 is 2. The molecule has 0 saturated carbocycles. The summed E-state index contributed by atoms with van der Waals surface area (Å²) in [5.41, 5.74) is -3.07. The van der Waals surface area contributed by atoms with Crippen LogP contribution < -0.4 is 0 Å². The van der Waals surface area contributed by atoms with E-state index in [9.17, 15) is 34.5 Å². The van der Waals surface area contributed by atoms with Crippen molar-refractivity contribution in [2.75, 3.05) is 14.2 Å². The average molecular weight is 833 g/mol. The Balaban J connectivity index is 2.26. The van der Waals surface area contributed by atoms with E-state index in [1.165, 1.54) is 35.0 Å². The number of Topliss-reactive ketones (excluding diaryl/α,β-unsaturated/α-hetero) is 1. The normalized spacial score (nSPS) is 44.7. The maximum atomic E-state index is 14.7. The van der Waals surface area contributed by atoms with Crippen molar-refractivity contribution in [3.05, 3.63) is 0 Å². The van der Waals surface area contributed by atoms with Crippen LogP contribution >= 0.6 is 0 Å². The topological polar surface area (TPSA) is 212 Å². The van der Waals surface area contributed by atoms with Gasteiger partial charge in [-0.05, 0) is 53.9 Å². The van der Waals surface area contributed by atoms with Gasteiger partial charge in [0.15, 0.2) is 18.4 Å². The zero-order valence-electron chi connectivity index (χ0n) is 37.2. The number of esters is 3. The Morgan fingerprint density at radius 1 is 0.828 bits per heavy atom. The molecule has 0 aromatic heterocycles. The van der Waals surface area contributed by atoms with Crippen molar-refractivity contribution in [3.63, 3.8) is 0 Å². The van der Waals surface area contributed by atoms with E-state index in [1.54, 1.807) is 62.3 Å². The first-order chi connectivity index (χ1) is 26.8. The summed E-state index contributed by atoms with van der Waals surface area (Å²) in [6.07, 6.45) is -10.8. The Morgan fingerprint density at radius 3 is 2.00 bits per heavy atom. The average Bonchev–Trinajstić information content (AvgIpc) is 3.14. The van der Waals surface area contributed by atoms with E-state index in [-0.39, 0.29) is 18.9 Å². The lowest BCUT2D eigenvalue weighted by atomic mass is 9.74. The Morgan fingerprint density at radius 2 is 1.45 bits per heavy atom. The highest BCUT2D eigenvalue weighted by molar-refractivity contribution is 5.89. The first-order valence-corrected chi connectivity index (χ1v) is 20.7. The van der Waals surface area contributed by atoms with Crippen LogP contribution in [0.15, 0.2) is 0 Å². The Kier molecular flexibility index (Phi) is 17.7. The quantitative estimate of drug-likeness (QED) is 0.212. The predicted molar refractivity (Wildman–Crippen MR) is 208 cm³/mol. The molecule has 0 radical (unpaired) electrons. The van der Waals surface area contributed by atoms with E-state index in [4.69, 9.17) is 42.6 Å². The van der Waals surface area contributed by atoms with Crippen LogP contribution in [0.2, 0.25) is 0 Å². The minimum Gasteiger partial charge on any atom is -0.462 e. The van der Waals surface area contributed by atoms with Gasteiger partial charge >= 0.3 is 17.9 Å². The number of cyclic esters (lactones) is 1. The molecule has 16 nitrogen and oxygen atoms in total. The van der Waals surface area contributed by atoms with Gasteiger partial charge in [-0.25, -0.2) is 0 Å². The van der Waals surface area contributed by atoms with Crippen LogP contribution in [0.25, 0.3) is 0 Å². The lowest BCUT2D eigenvalue weighted by Crippen LogP contribution is -2.58. The van der Waals surface area contributed by atoms with Crippen molar-refractivity contribution in [1.29, 1.82) is 0 Å². The molecule has 0 spiro atoms. The molecule has 336 valence electrons. The number of carbonyl (C=O) groups excluding carboxylic acids is 4. The van der Waals surface area contributed by atoms with Gasteiger partial charge < -0.3 is 58.0 Å². The zero-order chi connectivity index (χ0) is 44.2. The smallest absolute Gasteiger partial charge is 0.311 e. The lowest BCUT2D eigenvalue weighted by Gasteiger charge is -2.47. The molecule has 0 aromatic rings. The third-order valence-corrected chi connectivity index (χ3v) is 12.8. The number of aliphatic hydroxyl groups excluding tert-OH is 2. The molecular weight excluding hydrogens is 760 g/mol. The maximum Gasteiger partial charge on any atom is 0.311 e. The third kappa shape index (κ3) is 11.8. The molecule has 3 N–H and O–H groups in total. The monoisotopic (exact) mass is 832 g/mol. The fraction of sp³-hybridized carbons (Fsp3) is 0.905. The molecular formula is C42H72O16. The number of hydrogen-bond acceptors (Lipinski definition) is 16. The van der Waals surface area contributed by atoms with Crippen molar-refractivity contribution in [3.8, 4) is 0 Å². The molecule has 3 saturated heterocycles. The minimum absolute atomic E-state index is 0.0836. The fourth-order valence-corrected chi connectivity index (χ4v) is 9.17. The summed E-state index contributed by atoms with van der Waals surface area (Å²) in [5.74, 6) is -7.67. The molecule has 0 aliphatic carbocycles. The third-order valence-electron chi connectivity index (χ3n) is 12.8. The second kappa shape index (κ2) is 20.5. The highest BCUT2D eigenvalue weighted by atomic mass is 16.7. The van der Waals surface area contributed by atoms with Gasteiger partial charge in [-0.2, -0.15) is 0 Å². The molecule has 58 heavy (non-hydrogen) atoms. The molecule has 8 unspecified atom stereocenters. The highest BCUT2D eigenvalue weighted by Crippen LogP contribution is 2.40. The molecule has 3 rings (SSSR count). The Bertz CT molecular complexity index is 1390. The molecule has 3 heterocycles. The molecule has 0 bridgehead atoms. The van der Waals surface area contributed by atoms with E-state index in [2.05, 4.69) is 0 Å². The number of ether oxygens (including phenoxy) is 9. The SMILES string of the molecule is COC1CC(C)OC(O[C@@H]2[C@@H](C)[C@H](OC3CC(C)(OC)C(O)C(C)O3)[C@@H](C)C(=O)O[C@H]([C@@H](C)[C@H](C)OC(C)=O)[C@H](C)[C@H](OC(C)=O)[C@@H](C)C(=O)[C@@](C)(O)C[C@@H]2C)C1O. The van der Waals surface area contributed by atoms with Gasteiger partial charge in [-0.1, -0.05) is 34.6 Å². The lowest BCUT2D eigenvalue weighted by molar-refractivity contribution is -0.312. The van der Waals surface area contributed by atoms with E-state index in [0.717, 1.165) is 0 Å². The summed E-state index contributed by atoms with van der Waals surface area (Å²) in [6.45, 7) is 20.9. The van der Waals surface area contributed by atoms with Crippen LogP contribution in [0.3, 0.4) is 0 Å². The van der Waals surface area contributed by atoms with Crippen molar-refractivity contribution >= 4 is 23.7 Å². The second-order valence-corrected chi connectivity index (χ2v) is 17.7. The van der Waals surface area contributed by atoms with Crippen molar-refractivity contribution < 1.29 is 77.1 Å². The summed E-state index contributed by atoms with van der Waals surface area (Å²) in [7, 11) is 2.96. The molecule has 16 heteroatoms.